The molecule has 2 aliphatic heterocycles. The van der Waals surface area contributed by atoms with Crippen LogP contribution in [0.5, 0.6) is 0 Å². The number of β-lactam (4-membered cyclic amide) rings is 1. The zero-order valence-electron chi connectivity index (χ0n) is 16.0. The molecule has 2 aliphatic rings. The Labute approximate surface area is 150 Å². The highest BCUT2D eigenvalue weighted by atomic mass is 28.4. The lowest BCUT2D eigenvalue weighted by atomic mass is 9.84. The molecular weight excluding hydrogens is 338 g/mol. The van der Waals surface area contributed by atoms with Crippen LogP contribution in [0, 0.1) is 5.92 Å². The van der Waals surface area contributed by atoms with Gasteiger partial charge in [-0.05, 0) is 25.1 Å². The Morgan fingerprint density at radius 2 is 2.00 bits per heavy atom. The number of rotatable bonds is 6. The van der Waals surface area contributed by atoms with Gasteiger partial charge >= 0.3 is 5.97 Å². The van der Waals surface area contributed by atoms with Crippen LogP contribution in [0.2, 0.25) is 18.1 Å². The van der Waals surface area contributed by atoms with Crippen molar-refractivity contribution in [3.63, 3.8) is 0 Å². The van der Waals surface area contributed by atoms with Crippen molar-refractivity contribution in [2.45, 2.75) is 70.4 Å². The third kappa shape index (κ3) is 3.44. The van der Waals surface area contributed by atoms with Crippen LogP contribution >= 0.6 is 0 Å². The van der Waals surface area contributed by atoms with Gasteiger partial charge in [0.05, 0.1) is 18.1 Å². The van der Waals surface area contributed by atoms with Crippen molar-refractivity contribution >= 4 is 26.0 Å². The van der Waals surface area contributed by atoms with E-state index in [1.165, 1.54) is 11.0 Å². The van der Waals surface area contributed by atoms with E-state index >= 15 is 0 Å². The number of amides is 1. The van der Waals surface area contributed by atoms with Gasteiger partial charge in [0.1, 0.15) is 6.61 Å². The maximum absolute atomic E-state index is 12.6. The minimum Gasteiger partial charge on any atom is -0.460 e. The zero-order chi connectivity index (χ0) is 19.2. The molecule has 0 unspecified atom stereocenters. The Hall–Kier alpha value is -1.47. The summed E-state index contributed by atoms with van der Waals surface area (Å²) in [6.45, 7) is 16.1. The van der Waals surface area contributed by atoms with E-state index in [0.29, 0.717) is 0 Å². The van der Waals surface area contributed by atoms with Gasteiger partial charge in [-0.15, -0.1) is 0 Å². The third-order valence-corrected chi connectivity index (χ3v) is 10.2. The third-order valence-electron chi connectivity index (χ3n) is 5.66. The summed E-state index contributed by atoms with van der Waals surface area (Å²) in [5.74, 6) is -1.48. The van der Waals surface area contributed by atoms with Gasteiger partial charge in [0.25, 0.3) is 0 Å². The quantitative estimate of drug-likeness (QED) is 0.237. The van der Waals surface area contributed by atoms with Gasteiger partial charge in [-0.3, -0.25) is 9.59 Å². The standard InChI is InChI=1S/C18H29NO5Si/c1-8-9-23-17(22)15-13(20)10-12-14(16(21)19(12)15)11(2)24-25(6,7)18(3,4)5/h8,11-12,14-15H,1,9-10H2,2-7H3/t11-,12-,14-,15+/m1/s1. The molecule has 25 heavy (non-hydrogen) atoms. The number of ketones is 1. The fourth-order valence-electron chi connectivity index (χ4n) is 3.30. The minimum absolute atomic E-state index is 0.0314. The molecule has 2 heterocycles. The first-order chi connectivity index (χ1) is 11.4. The largest absolute Gasteiger partial charge is 0.460 e. The normalized spacial score (nSPS) is 27.6. The van der Waals surface area contributed by atoms with Crippen molar-refractivity contribution in [1.29, 1.82) is 0 Å². The first kappa shape index (κ1) is 19.8. The molecule has 2 saturated heterocycles. The summed E-state index contributed by atoms with van der Waals surface area (Å²) in [6.07, 6.45) is 1.35. The van der Waals surface area contributed by atoms with Crippen LogP contribution in [0.1, 0.15) is 34.1 Å². The van der Waals surface area contributed by atoms with E-state index in [1.807, 2.05) is 6.92 Å². The molecule has 4 atom stereocenters. The molecule has 0 radical (unpaired) electrons. The lowest BCUT2D eigenvalue weighted by molar-refractivity contribution is -0.171. The average Bonchev–Trinajstić information content (AvgIpc) is 2.76. The summed E-state index contributed by atoms with van der Waals surface area (Å²) in [5, 5.41) is 0.0380. The zero-order valence-corrected chi connectivity index (χ0v) is 17.0. The smallest absolute Gasteiger partial charge is 0.337 e. The topological polar surface area (TPSA) is 72.9 Å². The van der Waals surface area contributed by atoms with Gasteiger partial charge in [0, 0.05) is 6.42 Å². The second-order valence-corrected chi connectivity index (χ2v) is 13.2. The summed E-state index contributed by atoms with van der Waals surface area (Å²) >= 11 is 0. The summed E-state index contributed by atoms with van der Waals surface area (Å²) in [5.41, 5.74) is 0. The SMILES string of the molecule is C=CCOC(=O)[C@@H]1C(=O)C[C@@H]2[C@@H]([C@@H](C)O[Si](C)(C)C(C)(C)C)C(=O)N12. The molecule has 0 bridgehead atoms. The van der Waals surface area contributed by atoms with Crippen molar-refractivity contribution in [1.82, 2.24) is 4.90 Å². The lowest BCUT2D eigenvalue weighted by Gasteiger charge is -2.49. The van der Waals surface area contributed by atoms with E-state index in [0.717, 1.165) is 0 Å². The monoisotopic (exact) mass is 367 g/mol. The molecule has 0 aromatic heterocycles. The van der Waals surface area contributed by atoms with Gasteiger partial charge in [-0.1, -0.05) is 33.4 Å². The molecule has 6 nitrogen and oxygen atoms in total. The molecule has 1 amide bonds. The molecule has 0 aromatic carbocycles. The van der Waals surface area contributed by atoms with E-state index in [1.54, 1.807) is 0 Å². The maximum Gasteiger partial charge on any atom is 0.337 e. The van der Waals surface area contributed by atoms with Crippen molar-refractivity contribution in [3.8, 4) is 0 Å². The fourth-order valence-corrected chi connectivity index (χ4v) is 4.73. The van der Waals surface area contributed by atoms with Crippen LogP contribution in [-0.2, 0) is 23.5 Å². The van der Waals surface area contributed by atoms with Gasteiger partial charge in [-0.2, -0.15) is 0 Å². The van der Waals surface area contributed by atoms with Crippen molar-refractivity contribution < 1.29 is 23.5 Å². The number of carbonyl (C=O) groups is 3. The summed E-state index contributed by atoms with van der Waals surface area (Å²) in [7, 11) is -2.02. The van der Waals surface area contributed by atoms with Crippen LogP contribution in [0.4, 0.5) is 0 Å². The van der Waals surface area contributed by atoms with Crippen LogP contribution in [0.25, 0.3) is 0 Å². The van der Waals surface area contributed by atoms with Crippen LogP contribution in [0.15, 0.2) is 12.7 Å². The van der Waals surface area contributed by atoms with Crippen LogP contribution < -0.4 is 0 Å². The van der Waals surface area contributed by atoms with Crippen LogP contribution in [-0.4, -0.2) is 55.7 Å². The first-order valence-electron chi connectivity index (χ1n) is 8.72. The lowest BCUT2D eigenvalue weighted by Crippen LogP contribution is -2.66. The van der Waals surface area contributed by atoms with Crippen molar-refractivity contribution in [2.24, 2.45) is 5.92 Å². The molecule has 2 rings (SSSR count). The Bertz CT molecular complexity index is 595. The number of ether oxygens (including phenoxy) is 1. The Morgan fingerprint density at radius 3 is 2.52 bits per heavy atom. The number of nitrogens with zero attached hydrogens (tertiary/aromatic N) is 1. The van der Waals surface area contributed by atoms with E-state index in [4.69, 9.17) is 9.16 Å². The predicted octanol–water partition coefficient (Wildman–Crippen LogP) is 2.29. The fraction of sp³-hybridized carbons (Fsp3) is 0.722. The van der Waals surface area contributed by atoms with E-state index in [-0.39, 0.29) is 47.8 Å². The number of hydrogen-bond acceptors (Lipinski definition) is 5. The number of Topliss-reactive ketones (excluding diaryl/α,β-unsaturated/α-hetero) is 1. The molecule has 0 aromatic rings. The summed E-state index contributed by atoms with van der Waals surface area (Å²) in [6, 6.07) is -1.37. The second-order valence-electron chi connectivity index (χ2n) is 8.41. The molecule has 0 spiro atoms. The van der Waals surface area contributed by atoms with Crippen molar-refractivity contribution in [3.05, 3.63) is 12.7 Å². The highest BCUT2D eigenvalue weighted by Gasteiger charge is 2.62. The Morgan fingerprint density at radius 1 is 1.40 bits per heavy atom. The number of esters is 1. The molecule has 0 N–H and O–H groups in total. The first-order valence-corrected chi connectivity index (χ1v) is 11.6. The Kier molecular flexibility index (Phi) is 5.30. The number of carbonyl (C=O) groups excluding carboxylic acids is 3. The number of hydrogen-bond donors (Lipinski definition) is 0. The highest BCUT2D eigenvalue weighted by molar-refractivity contribution is 6.74. The summed E-state index contributed by atoms with van der Waals surface area (Å²) < 4.78 is 11.3. The van der Waals surface area contributed by atoms with Gasteiger partial charge in [0.15, 0.2) is 20.1 Å². The number of fused-ring (bicyclic) bond motifs is 1. The molecule has 140 valence electrons. The molecule has 0 aliphatic carbocycles. The molecule has 2 fully saturated rings. The highest BCUT2D eigenvalue weighted by Crippen LogP contribution is 2.44. The van der Waals surface area contributed by atoms with Gasteiger partial charge < -0.3 is 14.1 Å². The molecule has 7 heteroatoms. The average molecular weight is 368 g/mol. The minimum atomic E-state index is -2.02. The van der Waals surface area contributed by atoms with Crippen molar-refractivity contribution in [2.75, 3.05) is 6.61 Å². The van der Waals surface area contributed by atoms with E-state index in [2.05, 4.69) is 40.4 Å². The maximum atomic E-state index is 12.6. The predicted molar refractivity (Wildman–Crippen MR) is 96.4 cm³/mol. The van der Waals surface area contributed by atoms with Gasteiger partial charge in [0.2, 0.25) is 5.91 Å². The van der Waals surface area contributed by atoms with Gasteiger partial charge in [-0.25, -0.2) is 4.79 Å². The van der Waals surface area contributed by atoms with Crippen LogP contribution in [0.3, 0.4) is 0 Å². The summed E-state index contributed by atoms with van der Waals surface area (Å²) in [4.78, 5) is 38.3. The second kappa shape index (κ2) is 6.68. The molecule has 0 saturated carbocycles. The Balaban J connectivity index is 2.09. The molecular formula is C18H29NO5Si. The van der Waals surface area contributed by atoms with E-state index < -0.39 is 20.3 Å². The van der Waals surface area contributed by atoms with E-state index in [9.17, 15) is 14.4 Å².